The highest BCUT2D eigenvalue weighted by Crippen LogP contribution is 2.30. The van der Waals surface area contributed by atoms with Crippen molar-refractivity contribution in [2.45, 2.75) is 36.0 Å². The number of carbonyl (C=O) groups excluding carboxylic acids is 1. The van der Waals surface area contributed by atoms with Crippen molar-refractivity contribution in [3.05, 3.63) is 28.7 Å². The molecule has 0 radical (unpaired) electrons. The van der Waals surface area contributed by atoms with Gasteiger partial charge >= 0.3 is 0 Å². The van der Waals surface area contributed by atoms with E-state index in [1.807, 2.05) is 19.1 Å². The molecule has 0 aliphatic heterocycles. The normalized spacial score (nSPS) is 16.0. The van der Waals surface area contributed by atoms with Gasteiger partial charge in [-0.05, 0) is 38.6 Å². The topological polar surface area (TPSA) is 55.1 Å². The van der Waals surface area contributed by atoms with Crippen molar-refractivity contribution in [1.29, 1.82) is 0 Å². The zero-order chi connectivity index (χ0) is 13.8. The number of carbonyl (C=O) groups is 1. The number of amides is 1. The summed E-state index contributed by atoms with van der Waals surface area (Å²) in [4.78, 5) is 12.6. The molecule has 0 bridgehead atoms. The van der Waals surface area contributed by atoms with Gasteiger partial charge in [-0.3, -0.25) is 4.79 Å². The van der Waals surface area contributed by atoms with Crippen LogP contribution in [0.1, 0.15) is 20.3 Å². The number of hydrogen-bond donors (Lipinski definition) is 2. The van der Waals surface area contributed by atoms with Crippen molar-refractivity contribution in [2.75, 3.05) is 7.05 Å². The molecule has 1 rings (SSSR count). The number of hydrogen-bond acceptors (Lipinski definition) is 3. The number of primary amides is 1. The van der Waals surface area contributed by atoms with Crippen molar-refractivity contribution in [2.24, 2.45) is 5.73 Å². The van der Waals surface area contributed by atoms with E-state index in [9.17, 15) is 4.79 Å². The molecule has 0 saturated carbocycles. The van der Waals surface area contributed by atoms with E-state index in [1.165, 1.54) is 4.90 Å². The minimum absolute atomic E-state index is 0.296. The summed E-state index contributed by atoms with van der Waals surface area (Å²) in [6.45, 7) is 3.94. The molecule has 0 aromatic heterocycles. The molecular formula is C13H19BrN2OS. The summed E-state index contributed by atoms with van der Waals surface area (Å²) in [7, 11) is 1.77. The molecule has 1 amide bonds. The highest BCUT2D eigenvalue weighted by Gasteiger charge is 2.31. The zero-order valence-corrected chi connectivity index (χ0v) is 13.3. The molecule has 0 aliphatic carbocycles. The van der Waals surface area contributed by atoms with Crippen molar-refractivity contribution < 1.29 is 4.79 Å². The summed E-state index contributed by atoms with van der Waals surface area (Å²) in [6.07, 6.45) is 0.690. The Morgan fingerprint density at radius 1 is 1.61 bits per heavy atom. The second kappa shape index (κ2) is 6.59. The first-order valence-corrected chi connectivity index (χ1v) is 7.45. The highest BCUT2D eigenvalue weighted by molar-refractivity contribution is 9.10. The average molecular weight is 331 g/mol. The molecule has 0 aliphatic rings. The first-order valence-electron chi connectivity index (χ1n) is 5.78. The Hall–Kier alpha value is -0.520. The van der Waals surface area contributed by atoms with E-state index in [4.69, 9.17) is 5.73 Å². The minimum atomic E-state index is -0.654. The molecule has 0 spiro atoms. The molecule has 18 heavy (non-hydrogen) atoms. The molecule has 2 atom stereocenters. The lowest BCUT2D eigenvalue weighted by atomic mass is 9.95. The molecule has 0 heterocycles. The third-order valence-corrected chi connectivity index (χ3v) is 4.51. The molecule has 3 N–H and O–H groups in total. The van der Waals surface area contributed by atoms with E-state index >= 15 is 0 Å². The van der Waals surface area contributed by atoms with Gasteiger partial charge in [0.15, 0.2) is 0 Å². The molecular weight excluding hydrogens is 312 g/mol. The number of rotatable bonds is 6. The Balaban J connectivity index is 2.66. The van der Waals surface area contributed by atoms with E-state index in [0.29, 0.717) is 11.7 Å². The maximum atomic E-state index is 11.4. The van der Waals surface area contributed by atoms with Crippen LogP contribution in [0.5, 0.6) is 0 Å². The van der Waals surface area contributed by atoms with Gasteiger partial charge in [0, 0.05) is 14.6 Å². The van der Waals surface area contributed by atoms with Crippen molar-refractivity contribution in [3.8, 4) is 0 Å². The van der Waals surface area contributed by atoms with Gasteiger partial charge in [-0.15, -0.1) is 11.8 Å². The predicted octanol–water partition coefficient (Wildman–Crippen LogP) is 2.78. The molecule has 1 aromatic rings. The lowest BCUT2D eigenvalue weighted by Crippen LogP contribution is -2.52. The molecule has 3 nitrogen and oxygen atoms in total. The SMILES string of the molecule is CNC(C)(CC(C)Sc1cccc(Br)c1)C(N)=O. The standard InChI is InChI=1S/C13H19BrN2OS/c1-9(8-13(2,16-3)12(15)17)18-11-6-4-5-10(14)7-11/h4-7,9,16H,8H2,1-3H3,(H2,15,17). The number of thioether (sulfide) groups is 1. The number of nitrogens with two attached hydrogens (primary N) is 1. The second-order valence-corrected chi connectivity index (χ2v) is 6.96. The Bertz CT molecular complexity index is 427. The monoisotopic (exact) mass is 330 g/mol. The van der Waals surface area contributed by atoms with E-state index in [1.54, 1.807) is 18.8 Å². The number of nitrogens with one attached hydrogen (secondary N) is 1. The van der Waals surface area contributed by atoms with Crippen LogP contribution in [0.15, 0.2) is 33.6 Å². The Morgan fingerprint density at radius 2 is 2.28 bits per heavy atom. The highest BCUT2D eigenvalue weighted by atomic mass is 79.9. The molecule has 2 unspecified atom stereocenters. The molecule has 100 valence electrons. The number of benzene rings is 1. The van der Waals surface area contributed by atoms with Gasteiger partial charge < -0.3 is 11.1 Å². The van der Waals surface area contributed by atoms with Crippen LogP contribution in [-0.2, 0) is 4.79 Å². The van der Waals surface area contributed by atoms with E-state index in [-0.39, 0.29) is 5.91 Å². The Labute approximate surface area is 121 Å². The predicted molar refractivity (Wildman–Crippen MR) is 80.7 cm³/mol. The first kappa shape index (κ1) is 15.5. The summed E-state index contributed by atoms with van der Waals surface area (Å²) >= 11 is 5.19. The van der Waals surface area contributed by atoms with Crippen LogP contribution >= 0.6 is 27.7 Å². The lowest BCUT2D eigenvalue weighted by molar-refractivity contribution is -0.123. The third kappa shape index (κ3) is 4.30. The minimum Gasteiger partial charge on any atom is -0.368 e. The van der Waals surface area contributed by atoms with Gasteiger partial charge in [0.2, 0.25) is 5.91 Å². The summed E-state index contributed by atoms with van der Waals surface area (Å²) < 4.78 is 1.06. The summed E-state index contributed by atoms with van der Waals surface area (Å²) in [5, 5.41) is 3.30. The molecule has 0 fully saturated rings. The van der Waals surface area contributed by atoms with Gasteiger partial charge in [0.25, 0.3) is 0 Å². The summed E-state index contributed by atoms with van der Waals surface area (Å²) in [6, 6.07) is 8.13. The van der Waals surface area contributed by atoms with Gasteiger partial charge in [-0.2, -0.15) is 0 Å². The summed E-state index contributed by atoms with van der Waals surface area (Å²) in [5.41, 5.74) is 4.77. The van der Waals surface area contributed by atoms with Crippen LogP contribution < -0.4 is 11.1 Å². The molecule has 0 saturated heterocycles. The van der Waals surface area contributed by atoms with Gasteiger partial charge in [0.1, 0.15) is 0 Å². The van der Waals surface area contributed by atoms with Crippen LogP contribution in [0.4, 0.5) is 0 Å². The van der Waals surface area contributed by atoms with Crippen LogP contribution in [0, 0.1) is 0 Å². The average Bonchev–Trinajstić information content (AvgIpc) is 2.28. The lowest BCUT2D eigenvalue weighted by Gasteiger charge is -2.28. The zero-order valence-electron chi connectivity index (χ0n) is 10.9. The molecule has 1 aromatic carbocycles. The van der Waals surface area contributed by atoms with E-state index in [2.05, 4.69) is 40.3 Å². The third-order valence-electron chi connectivity index (χ3n) is 2.92. The Kier molecular flexibility index (Phi) is 5.69. The number of halogens is 1. The second-order valence-electron chi connectivity index (χ2n) is 4.54. The van der Waals surface area contributed by atoms with Crippen molar-refractivity contribution in [3.63, 3.8) is 0 Å². The van der Waals surface area contributed by atoms with Crippen molar-refractivity contribution in [1.82, 2.24) is 5.32 Å². The van der Waals surface area contributed by atoms with Gasteiger partial charge in [-0.25, -0.2) is 0 Å². The van der Waals surface area contributed by atoms with Crippen LogP contribution in [-0.4, -0.2) is 23.7 Å². The van der Waals surface area contributed by atoms with E-state index < -0.39 is 5.54 Å². The maximum absolute atomic E-state index is 11.4. The van der Waals surface area contributed by atoms with Crippen LogP contribution in [0.25, 0.3) is 0 Å². The fourth-order valence-corrected chi connectivity index (χ4v) is 3.50. The van der Waals surface area contributed by atoms with Crippen LogP contribution in [0.2, 0.25) is 0 Å². The number of likely N-dealkylation sites (N-methyl/N-ethyl adjacent to an activating group) is 1. The fraction of sp³-hybridized carbons (Fsp3) is 0.462. The van der Waals surface area contributed by atoms with E-state index in [0.717, 1.165) is 4.47 Å². The fourth-order valence-electron chi connectivity index (χ4n) is 1.72. The largest absolute Gasteiger partial charge is 0.368 e. The maximum Gasteiger partial charge on any atom is 0.237 e. The van der Waals surface area contributed by atoms with Crippen LogP contribution in [0.3, 0.4) is 0 Å². The van der Waals surface area contributed by atoms with Crippen molar-refractivity contribution >= 4 is 33.6 Å². The quantitative estimate of drug-likeness (QED) is 0.788. The first-order chi connectivity index (χ1) is 8.37. The smallest absolute Gasteiger partial charge is 0.237 e. The summed E-state index contributed by atoms with van der Waals surface area (Å²) in [5.74, 6) is -0.313. The Morgan fingerprint density at radius 3 is 2.78 bits per heavy atom. The molecule has 5 heteroatoms. The van der Waals surface area contributed by atoms with Gasteiger partial charge in [0.05, 0.1) is 5.54 Å². The van der Waals surface area contributed by atoms with Gasteiger partial charge in [-0.1, -0.05) is 28.9 Å².